The lowest BCUT2D eigenvalue weighted by Crippen LogP contribution is -2.11. The minimum absolute atomic E-state index is 0.129. The molecular formula is C15H12BrF3N2O2S. The number of carbonyl (C=O) groups is 1. The molecule has 1 aromatic carbocycles. The molecule has 0 saturated heterocycles. The van der Waals surface area contributed by atoms with Crippen molar-refractivity contribution in [3.63, 3.8) is 0 Å². The number of hydrogen-bond donors (Lipinski definition) is 0. The van der Waals surface area contributed by atoms with Crippen molar-refractivity contribution in [1.82, 2.24) is 9.97 Å². The highest BCUT2D eigenvalue weighted by atomic mass is 79.9. The van der Waals surface area contributed by atoms with Crippen molar-refractivity contribution in [1.29, 1.82) is 0 Å². The van der Waals surface area contributed by atoms with Gasteiger partial charge < -0.3 is 4.74 Å². The van der Waals surface area contributed by atoms with Crippen molar-refractivity contribution >= 4 is 33.7 Å². The third kappa shape index (κ3) is 5.20. The smallest absolute Gasteiger partial charge is 0.433 e. The Labute approximate surface area is 149 Å². The molecule has 0 N–H and O–H groups in total. The minimum atomic E-state index is -4.60. The van der Waals surface area contributed by atoms with Crippen LogP contribution in [0.2, 0.25) is 0 Å². The number of alkyl halides is 3. The summed E-state index contributed by atoms with van der Waals surface area (Å²) in [5.41, 5.74) is -0.401. The lowest BCUT2D eigenvalue weighted by Gasteiger charge is -2.10. The lowest BCUT2D eigenvalue weighted by molar-refractivity contribution is -0.141. The molecule has 9 heteroatoms. The number of rotatable bonds is 5. The molecule has 0 atom stereocenters. The number of thioether (sulfide) groups is 1. The Morgan fingerprint density at radius 3 is 2.50 bits per heavy atom. The Morgan fingerprint density at radius 1 is 1.25 bits per heavy atom. The van der Waals surface area contributed by atoms with Gasteiger partial charge in [-0.05, 0) is 25.1 Å². The Morgan fingerprint density at radius 2 is 1.92 bits per heavy atom. The molecule has 0 spiro atoms. The first-order chi connectivity index (χ1) is 11.3. The van der Waals surface area contributed by atoms with Crippen LogP contribution in [0.5, 0.6) is 0 Å². The zero-order chi connectivity index (χ0) is 17.7. The number of hydrogen-bond acceptors (Lipinski definition) is 5. The van der Waals surface area contributed by atoms with Crippen LogP contribution in [0.4, 0.5) is 13.2 Å². The van der Waals surface area contributed by atoms with Gasteiger partial charge >= 0.3 is 12.1 Å². The van der Waals surface area contributed by atoms with Gasteiger partial charge in [0, 0.05) is 10.0 Å². The molecule has 0 unspecified atom stereocenters. The molecule has 0 radical (unpaired) electrons. The SMILES string of the molecule is CCOC(=O)CSc1nc(-c2ccc(Br)cc2)cc(C(F)(F)F)n1. The Hall–Kier alpha value is -1.61. The molecule has 0 aliphatic heterocycles. The second-order valence-electron chi connectivity index (χ2n) is 4.52. The Kier molecular flexibility index (Phi) is 6.22. The molecule has 2 aromatic rings. The number of aromatic nitrogens is 2. The molecule has 4 nitrogen and oxygen atoms in total. The van der Waals surface area contributed by atoms with Gasteiger partial charge in [0.1, 0.15) is 5.69 Å². The summed E-state index contributed by atoms with van der Waals surface area (Å²) in [6, 6.07) is 7.59. The molecular weight excluding hydrogens is 409 g/mol. The molecule has 24 heavy (non-hydrogen) atoms. The van der Waals surface area contributed by atoms with Crippen molar-refractivity contribution in [2.75, 3.05) is 12.4 Å². The fraction of sp³-hybridized carbons (Fsp3) is 0.267. The van der Waals surface area contributed by atoms with Gasteiger partial charge in [0.05, 0.1) is 18.1 Å². The fourth-order valence-corrected chi connectivity index (χ4v) is 2.65. The molecule has 0 bridgehead atoms. The number of halogens is 4. The predicted molar refractivity (Wildman–Crippen MR) is 87.5 cm³/mol. The van der Waals surface area contributed by atoms with Crippen LogP contribution in [0.3, 0.4) is 0 Å². The van der Waals surface area contributed by atoms with E-state index in [1.165, 1.54) is 0 Å². The number of benzene rings is 1. The molecule has 128 valence electrons. The summed E-state index contributed by atoms with van der Waals surface area (Å²) in [7, 11) is 0. The average Bonchev–Trinajstić information content (AvgIpc) is 2.53. The maximum atomic E-state index is 13.0. The summed E-state index contributed by atoms with van der Waals surface area (Å²) in [4.78, 5) is 19.0. The minimum Gasteiger partial charge on any atom is -0.465 e. The van der Waals surface area contributed by atoms with Gasteiger partial charge in [-0.1, -0.05) is 39.8 Å². The second kappa shape index (κ2) is 7.98. The molecule has 0 saturated carbocycles. The summed E-state index contributed by atoms with van der Waals surface area (Å²) in [5, 5.41) is -0.129. The van der Waals surface area contributed by atoms with Gasteiger partial charge in [0.25, 0.3) is 0 Å². The van der Waals surface area contributed by atoms with Crippen LogP contribution < -0.4 is 0 Å². The quantitative estimate of drug-likeness (QED) is 0.402. The first-order valence-corrected chi connectivity index (χ1v) is 8.58. The summed E-state index contributed by atoms with van der Waals surface area (Å²) in [5.74, 6) is -0.691. The number of ether oxygens (including phenoxy) is 1. The predicted octanol–water partition coefficient (Wildman–Crippen LogP) is 4.58. The van der Waals surface area contributed by atoms with Crippen molar-refractivity contribution in [2.45, 2.75) is 18.3 Å². The van der Waals surface area contributed by atoms with Gasteiger partial charge in [-0.25, -0.2) is 9.97 Å². The molecule has 0 aliphatic carbocycles. The average molecular weight is 421 g/mol. The zero-order valence-electron chi connectivity index (χ0n) is 12.4. The van der Waals surface area contributed by atoms with E-state index in [2.05, 4.69) is 25.9 Å². The lowest BCUT2D eigenvalue weighted by atomic mass is 10.1. The van der Waals surface area contributed by atoms with Gasteiger partial charge in [0.2, 0.25) is 0 Å². The summed E-state index contributed by atoms with van der Waals surface area (Å²) >= 11 is 4.07. The number of carbonyl (C=O) groups excluding carboxylic acids is 1. The van der Waals surface area contributed by atoms with Gasteiger partial charge in [-0.3, -0.25) is 4.79 Å². The van der Waals surface area contributed by atoms with E-state index in [9.17, 15) is 18.0 Å². The van der Waals surface area contributed by atoms with Crippen molar-refractivity contribution in [3.05, 3.63) is 40.5 Å². The first-order valence-electron chi connectivity index (χ1n) is 6.80. The van der Waals surface area contributed by atoms with Gasteiger partial charge in [-0.2, -0.15) is 13.2 Å². The highest BCUT2D eigenvalue weighted by molar-refractivity contribution is 9.10. The van der Waals surface area contributed by atoms with Crippen LogP contribution in [0, 0.1) is 0 Å². The van der Waals surface area contributed by atoms with Crippen LogP contribution in [0.15, 0.2) is 40.0 Å². The summed E-state index contributed by atoms with van der Waals surface area (Å²) < 4.78 is 44.7. The van der Waals surface area contributed by atoms with E-state index in [-0.39, 0.29) is 23.2 Å². The van der Waals surface area contributed by atoms with Crippen LogP contribution in [0.25, 0.3) is 11.3 Å². The fourth-order valence-electron chi connectivity index (χ4n) is 1.73. The van der Waals surface area contributed by atoms with E-state index in [0.717, 1.165) is 22.3 Å². The van der Waals surface area contributed by atoms with E-state index >= 15 is 0 Å². The Balaban J connectivity index is 2.34. The number of esters is 1. The van der Waals surface area contributed by atoms with Crippen molar-refractivity contribution in [2.24, 2.45) is 0 Å². The van der Waals surface area contributed by atoms with E-state index in [0.29, 0.717) is 5.56 Å². The van der Waals surface area contributed by atoms with E-state index in [1.807, 2.05) is 0 Å². The van der Waals surface area contributed by atoms with E-state index in [1.54, 1.807) is 31.2 Å². The molecule has 0 amide bonds. The largest absolute Gasteiger partial charge is 0.465 e. The van der Waals surface area contributed by atoms with Gasteiger partial charge in [0.15, 0.2) is 5.16 Å². The third-order valence-electron chi connectivity index (χ3n) is 2.76. The van der Waals surface area contributed by atoms with Crippen LogP contribution in [0.1, 0.15) is 12.6 Å². The first kappa shape index (κ1) is 18.7. The molecule has 0 fully saturated rings. The summed E-state index contributed by atoms with van der Waals surface area (Å²) in [6.07, 6.45) is -4.60. The molecule has 0 aliphatic rings. The van der Waals surface area contributed by atoms with E-state index in [4.69, 9.17) is 4.74 Å². The monoisotopic (exact) mass is 420 g/mol. The normalized spacial score (nSPS) is 11.4. The zero-order valence-corrected chi connectivity index (χ0v) is 14.8. The summed E-state index contributed by atoms with van der Waals surface area (Å²) in [6.45, 7) is 1.85. The maximum absolute atomic E-state index is 13.0. The highest BCUT2D eigenvalue weighted by Crippen LogP contribution is 2.32. The van der Waals surface area contributed by atoms with Crippen LogP contribution in [-0.2, 0) is 15.7 Å². The Bertz CT molecular complexity index is 724. The maximum Gasteiger partial charge on any atom is 0.433 e. The van der Waals surface area contributed by atoms with Crippen molar-refractivity contribution in [3.8, 4) is 11.3 Å². The van der Waals surface area contributed by atoms with E-state index < -0.39 is 17.8 Å². The van der Waals surface area contributed by atoms with Crippen LogP contribution in [-0.4, -0.2) is 28.3 Å². The van der Waals surface area contributed by atoms with Gasteiger partial charge in [-0.15, -0.1) is 0 Å². The molecule has 2 rings (SSSR count). The topological polar surface area (TPSA) is 52.1 Å². The standard InChI is InChI=1S/C15H12BrF3N2O2S/c1-2-23-13(22)8-24-14-20-11(7-12(21-14)15(17,18)19)9-3-5-10(16)6-4-9/h3-7H,2,8H2,1H3. The second-order valence-corrected chi connectivity index (χ2v) is 6.38. The molecule has 1 heterocycles. The van der Waals surface area contributed by atoms with Crippen molar-refractivity contribution < 1.29 is 22.7 Å². The van der Waals surface area contributed by atoms with Crippen LogP contribution >= 0.6 is 27.7 Å². The number of nitrogens with zero attached hydrogens (tertiary/aromatic N) is 2. The highest BCUT2D eigenvalue weighted by Gasteiger charge is 2.34. The third-order valence-corrected chi connectivity index (χ3v) is 4.11. The molecule has 1 aromatic heterocycles.